The van der Waals surface area contributed by atoms with Crippen molar-refractivity contribution < 1.29 is 4.39 Å². The quantitative estimate of drug-likeness (QED) is 0.762. The monoisotopic (exact) mass is 266 g/mol. The van der Waals surface area contributed by atoms with Gasteiger partial charge in [0.05, 0.1) is 16.9 Å². The summed E-state index contributed by atoms with van der Waals surface area (Å²) >= 11 is 5.93. The van der Waals surface area contributed by atoms with Gasteiger partial charge in [-0.2, -0.15) is 0 Å². The van der Waals surface area contributed by atoms with Crippen LogP contribution >= 0.6 is 11.6 Å². The number of aromatic nitrogens is 2. The summed E-state index contributed by atoms with van der Waals surface area (Å²) in [6.07, 6.45) is 5.23. The Hall–Kier alpha value is -1.09. The third-order valence-corrected chi connectivity index (χ3v) is 4.13. The zero-order valence-corrected chi connectivity index (χ0v) is 11.0. The molecule has 96 valence electrons. The number of benzene rings is 1. The maximum atomic E-state index is 13.2. The molecule has 1 fully saturated rings. The number of hydrogen-bond donors (Lipinski definition) is 0. The fourth-order valence-corrected chi connectivity index (χ4v) is 2.80. The maximum absolute atomic E-state index is 13.2. The van der Waals surface area contributed by atoms with E-state index in [1.807, 2.05) is 0 Å². The minimum Gasteiger partial charge on any atom is -0.327 e. The topological polar surface area (TPSA) is 17.8 Å². The minimum absolute atomic E-state index is 0.243. The molecule has 0 aliphatic heterocycles. The molecule has 1 aliphatic rings. The van der Waals surface area contributed by atoms with E-state index in [1.165, 1.54) is 37.8 Å². The number of aryl methyl sites for hydroxylation is 1. The number of imidazole rings is 1. The molecule has 1 aliphatic carbocycles. The van der Waals surface area contributed by atoms with Crippen molar-refractivity contribution in [2.24, 2.45) is 5.92 Å². The average molecular weight is 267 g/mol. The molecular formula is C14H16ClFN2. The highest BCUT2D eigenvalue weighted by Crippen LogP contribution is 2.30. The van der Waals surface area contributed by atoms with Crippen LogP contribution in [0.2, 0.25) is 0 Å². The molecule has 0 saturated heterocycles. The molecule has 0 amide bonds. The van der Waals surface area contributed by atoms with Crippen LogP contribution in [0.25, 0.3) is 11.0 Å². The highest BCUT2D eigenvalue weighted by molar-refractivity contribution is 6.16. The van der Waals surface area contributed by atoms with E-state index in [0.29, 0.717) is 11.4 Å². The van der Waals surface area contributed by atoms with Crippen molar-refractivity contribution in [3.63, 3.8) is 0 Å². The molecule has 0 bridgehead atoms. The van der Waals surface area contributed by atoms with Crippen molar-refractivity contribution in [1.29, 1.82) is 0 Å². The number of hydrogen-bond acceptors (Lipinski definition) is 1. The molecule has 1 heterocycles. The van der Waals surface area contributed by atoms with E-state index >= 15 is 0 Å². The number of halogens is 2. The molecule has 0 spiro atoms. The van der Waals surface area contributed by atoms with Crippen molar-refractivity contribution >= 4 is 22.6 Å². The van der Waals surface area contributed by atoms with Crippen molar-refractivity contribution in [3.8, 4) is 0 Å². The Kier molecular flexibility index (Phi) is 3.25. The molecule has 1 aromatic heterocycles. The Morgan fingerprint density at radius 1 is 1.39 bits per heavy atom. The smallest absolute Gasteiger partial charge is 0.125 e. The zero-order chi connectivity index (χ0) is 12.5. The second-order valence-electron chi connectivity index (χ2n) is 5.03. The first-order valence-electron chi connectivity index (χ1n) is 6.48. The van der Waals surface area contributed by atoms with Gasteiger partial charge < -0.3 is 4.57 Å². The summed E-state index contributed by atoms with van der Waals surface area (Å²) < 4.78 is 15.3. The second-order valence-corrected chi connectivity index (χ2v) is 5.30. The summed E-state index contributed by atoms with van der Waals surface area (Å²) in [5, 5.41) is 0. The summed E-state index contributed by atoms with van der Waals surface area (Å²) in [5.74, 6) is 1.83. The lowest BCUT2D eigenvalue weighted by Crippen LogP contribution is -2.14. The third-order valence-electron chi connectivity index (χ3n) is 3.89. The van der Waals surface area contributed by atoms with E-state index in [-0.39, 0.29) is 5.82 Å². The summed E-state index contributed by atoms with van der Waals surface area (Å²) in [4.78, 5) is 4.40. The molecule has 0 radical (unpaired) electrons. The van der Waals surface area contributed by atoms with Gasteiger partial charge in [-0.3, -0.25) is 0 Å². The third kappa shape index (κ3) is 2.12. The van der Waals surface area contributed by atoms with Crippen molar-refractivity contribution in [2.45, 2.75) is 38.1 Å². The number of rotatable bonds is 4. The lowest BCUT2D eigenvalue weighted by molar-refractivity contribution is 0.282. The number of alkyl halides is 1. The lowest BCUT2D eigenvalue weighted by atomic mass is 9.83. The van der Waals surface area contributed by atoms with E-state index in [1.54, 1.807) is 6.07 Å². The molecule has 3 rings (SSSR count). The van der Waals surface area contributed by atoms with Crippen molar-refractivity contribution in [1.82, 2.24) is 9.55 Å². The maximum Gasteiger partial charge on any atom is 0.125 e. The van der Waals surface area contributed by atoms with Gasteiger partial charge in [-0.05, 0) is 24.5 Å². The molecule has 0 N–H and O–H groups in total. The summed E-state index contributed by atoms with van der Waals surface area (Å²) in [6.45, 7) is 0.939. The Bertz CT molecular complexity index is 560. The molecule has 2 aromatic rings. The minimum atomic E-state index is -0.243. The zero-order valence-electron chi connectivity index (χ0n) is 10.2. The van der Waals surface area contributed by atoms with Crippen LogP contribution in [0.3, 0.4) is 0 Å². The summed E-state index contributed by atoms with van der Waals surface area (Å²) in [7, 11) is 0. The number of fused-ring (bicyclic) bond motifs is 1. The Balaban J connectivity index is 1.91. The first kappa shape index (κ1) is 12.0. The second kappa shape index (κ2) is 4.88. The molecule has 1 saturated carbocycles. The Morgan fingerprint density at radius 3 is 2.89 bits per heavy atom. The summed E-state index contributed by atoms with van der Waals surface area (Å²) in [6, 6.07) is 4.77. The molecule has 18 heavy (non-hydrogen) atoms. The number of nitrogens with zero attached hydrogens (tertiary/aromatic N) is 2. The predicted molar refractivity (Wildman–Crippen MR) is 71.2 cm³/mol. The summed E-state index contributed by atoms with van der Waals surface area (Å²) in [5.41, 5.74) is 1.70. The fourth-order valence-electron chi connectivity index (χ4n) is 2.60. The van der Waals surface area contributed by atoms with E-state index in [4.69, 9.17) is 11.6 Å². The van der Waals surface area contributed by atoms with Gasteiger partial charge in [0.2, 0.25) is 0 Å². The van der Waals surface area contributed by atoms with Crippen LogP contribution in [0.4, 0.5) is 4.39 Å². The van der Waals surface area contributed by atoms with Crippen LogP contribution in [0.5, 0.6) is 0 Å². The van der Waals surface area contributed by atoms with E-state index in [2.05, 4.69) is 9.55 Å². The van der Waals surface area contributed by atoms with E-state index in [9.17, 15) is 4.39 Å². The largest absolute Gasteiger partial charge is 0.327 e. The standard InChI is InChI=1S/C14H16ClFN2/c15-9-14-17-12-8-11(16)4-5-13(12)18(14)7-6-10-2-1-3-10/h4-5,8,10H,1-3,6-7,9H2. The molecular weight excluding hydrogens is 251 g/mol. The van der Waals surface area contributed by atoms with Gasteiger partial charge in [0.15, 0.2) is 0 Å². The van der Waals surface area contributed by atoms with Gasteiger partial charge >= 0.3 is 0 Å². The van der Waals surface area contributed by atoms with Gasteiger partial charge in [0, 0.05) is 12.6 Å². The normalized spacial score (nSPS) is 16.1. The highest BCUT2D eigenvalue weighted by atomic mass is 35.5. The van der Waals surface area contributed by atoms with Crippen LogP contribution in [0.15, 0.2) is 18.2 Å². The van der Waals surface area contributed by atoms with Crippen LogP contribution in [0, 0.1) is 11.7 Å². The Labute approximate surface area is 111 Å². The van der Waals surface area contributed by atoms with Gasteiger partial charge in [-0.1, -0.05) is 19.3 Å². The van der Waals surface area contributed by atoms with Crippen LogP contribution < -0.4 is 0 Å². The van der Waals surface area contributed by atoms with Gasteiger partial charge in [0.1, 0.15) is 11.6 Å². The van der Waals surface area contributed by atoms with Crippen molar-refractivity contribution in [3.05, 3.63) is 29.8 Å². The van der Waals surface area contributed by atoms with Crippen LogP contribution in [0.1, 0.15) is 31.5 Å². The highest BCUT2D eigenvalue weighted by Gasteiger charge is 2.18. The molecule has 2 nitrogen and oxygen atoms in total. The Morgan fingerprint density at radius 2 is 2.22 bits per heavy atom. The lowest BCUT2D eigenvalue weighted by Gasteiger charge is -2.25. The van der Waals surface area contributed by atoms with Gasteiger partial charge in [-0.25, -0.2) is 9.37 Å². The predicted octanol–water partition coefficient (Wildman–Crippen LogP) is 4.10. The molecule has 4 heteroatoms. The molecule has 0 atom stereocenters. The fraction of sp³-hybridized carbons (Fsp3) is 0.500. The van der Waals surface area contributed by atoms with E-state index in [0.717, 1.165) is 23.8 Å². The van der Waals surface area contributed by atoms with Crippen LogP contribution in [-0.2, 0) is 12.4 Å². The molecule has 1 aromatic carbocycles. The van der Waals surface area contributed by atoms with E-state index < -0.39 is 0 Å². The SMILES string of the molecule is Fc1ccc2c(c1)nc(CCl)n2CCC1CCC1. The first-order chi connectivity index (χ1) is 8.78. The van der Waals surface area contributed by atoms with Crippen molar-refractivity contribution in [2.75, 3.05) is 0 Å². The van der Waals surface area contributed by atoms with Gasteiger partial charge in [0.25, 0.3) is 0 Å². The molecule has 0 unspecified atom stereocenters. The van der Waals surface area contributed by atoms with Crippen LogP contribution in [-0.4, -0.2) is 9.55 Å². The average Bonchev–Trinajstić information content (AvgIpc) is 2.64. The first-order valence-corrected chi connectivity index (χ1v) is 7.02. The van der Waals surface area contributed by atoms with Gasteiger partial charge in [-0.15, -0.1) is 11.6 Å².